The number of allylic oxidation sites excluding steroid dienone is 2. The minimum absolute atomic E-state index is 0.0693. The number of hydrogen-bond donors (Lipinski definition) is 2. The van der Waals surface area contributed by atoms with Crippen molar-refractivity contribution >= 4 is 5.91 Å². The van der Waals surface area contributed by atoms with Gasteiger partial charge in [0.05, 0.1) is 0 Å². The van der Waals surface area contributed by atoms with Crippen LogP contribution in [-0.4, -0.2) is 11.4 Å². The largest absolute Gasteiger partial charge is 0.291 e. The molecule has 14 heavy (non-hydrogen) atoms. The molecule has 0 aromatic carbocycles. The Kier molecular flexibility index (Phi) is 3.69. The van der Waals surface area contributed by atoms with Crippen LogP contribution in [0.25, 0.3) is 0 Å². The molecule has 1 atom stereocenters. The molecule has 2 N–H and O–H groups in total. The zero-order valence-corrected chi connectivity index (χ0v) is 9.26. The highest BCUT2D eigenvalue weighted by Gasteiger charge is 2.19. The van der Waals surface area contributed by atoms with Crippen LogP contribution in [0.15, 0.2) is 12.2 Å². The molecular weight excluding hydrogens is 176 g/mol. The Balaban J connectivity index is 2.31. The van der Waals surface area contributed by atoms with Gasteiger partial charge in [0.2, 0.25) is 5.91 Å². The van der Waals surface area contributed by atoms with Crippen molar-refractivity contribution in [2.24, 2.45) is 5.92 Å². The highest BCUT2D eigenvalue weighted by molar-refractivity contribution is 5.78. The Morgan fingerprint density at radius 3 is 2.57 bits per heavy atom. The van der Waals surface area contributed by atoms with Crippen molar-refractivity contribution in [2.45, 2.75) is 45.6 Å². The van der Waals surface area contributed by atoms with Gasteiger partial charge in [-0.15, -0.1) is 0 Å². The average Bonchev–Trinajstić information content (AvgIpc) is 2.14. The van der Waals surface area contributed by atoms with Gasteiger partial charge in [-0.25, -0.2) is 5.43 Å². The molecule has 80 valence electrons. The standard InChI is InChI=1S/C11H20N2O/c1-11(2,3)13-12-10(14)9-7-5-4-6-8-9/h4-5,9,13H,6-8H2,1-3H3,(H,12,14). The molecule has 0 fully saturated rings. The first kappa shape index (κ1) is 11.2. The molecule has 0 heterocycles. The van der Waals surface area contributed by atoms with Gasteiger partial charge in [0.25, 0.3) is 0 Å². The highest BCUT2D eigenvalue weighted by Crippen LogP contribution is 2.17. The molecule has 1 amide bonds. The molecule has 1 aliphatic carbocycles. The van der Waals surface area contributed by atoms with Gasteiger partial charge >= 0.3 is 0 Å². The fourth-order valence-electron chi connectivity index (χ4n) is 1.38. The lowest BCUT2D eigenvalue weighted by Crippen LogP contribution is -2.50. The molecule has 0 saturated carbocycles. The van der Waals surface area contributed by atoms with Crippen LogP contribution in [0.1, 0.15) is 40.0 Å². The average molecular weight is 196 g/mol. The van der Waals surface area contributed by atoms with Crippen molar-refractivity contribution in [1.29, 1.82) is 0 Å². The summed E-state index contributed by atoms with van der Waals surface area (Å²) in [5, 5.41) is 0. The van der Waals surface area contributed by atoms with Crippen LogP contribution in [0.5, 0.6) is 0 Å². The normalized spacial score (nSPS) is 22.1. The van der Waals surface area contributed by atoms with Crippen molar-refractivity contribution in [3.8, 4) is 0 Å². The van der Waals surface area contributed by atoms with Gasteiger partial charge < -0.3 is 0 Å². The number of carbonyl (C=O) groups is 1. The number of carbonyl (C=O) groups excluding carboxylic acids is 1. The lowest BCUT2D eigenvalue weighted by Gasteiger charge is -2.24. The summed E-state index contributed by atoms with van der Waals surface area (Å²) in [5.41, 5.74) is 5.70. The topological polar surface area (TPSA) is 41.1 Å². The van der Waals surface area contributed by atoms with Gasteiger partial charge in [0.15, 0.2) is 0 Å². The van der Waals surface area contributed by atoms with Crippen molar-refractivity contribution in [3.63, 3.8) is 0 Å². The summed E-state index contributed by atoms with van der Waals surface area (Å²) >= 11 is 0. The molecule has 0 spiro atoms. The van der Waals surface area contributed by atoms with Gasteiger partial charge in [-0.3, -0.25) is 10.2 Å². The van der Waals surface area contributed by atoms with Gasteiger partial charge in [-0.05, 0) is 40.0 Å². The third-order valence-electron chi connectivity index (χ3n) is 2.20. The third-order valence-corrected chi connectivity index (χ3v) is 2.20. The Morgan fingerprint density at radius 2 is 2.07 bits per heavy atom. The van der Waals surface area contributed by atoms with E-state index >= 15 is 0 Å². The number of rotatable bonds is 2. The van der Waals surface area contributed by atoms with Crippen LogP contribution in [0.3, 0.4) is 0 Å². The highest BCUT2D eigenvalue weighted by atomic mass is 16.2. The molecule has 1 unspecified atom stereocenters. The molecule has 0 aliphatic heterocycles. The summed E-state index contributed by atoms with van der Waals surface area (Å²) in [6, 6.07) is 0. The molecule has 0 aromatic heterocycles. The Hall–Kier alpha value is -0.830. The van der Waals surface area contributed by atoms with E-state index in [9.17, 15) is 4.79 Å². The van der Waals surface area contributed by atoms with Crippen LogP contribution in [-0.2, 0) is 4.79 Å². The predicted molar refractivity (Wildman–Crippen MR) is 57.5 cm³/mol. The van der Waals surface area contributed by atoms with Gasteiger partial charge in [0, 0.05) is 11.5 Å². The quantitative estimate of drug-likeness (QED) is 0.522. The zero-order valence-electron chi connectivity index (χ0n) is 9.26. The summed E-state index contributed by atoms with van der Waals surface area (Å²) in [5.74, 6) is 0.263. The van der Waals surface area contributed by atoms with E-state index in [0.29, 0.717) is 0 Å². The molecule has 1 aliphatic rings. The monoisotopic (exact) mass is 196 g/mol. The molecule has 3 nitrogen and oxygen atoms in total. The molecule has 0 bridgehead atoms. The van der Waals surface area contributed by atoms with Crippen LogP contribution in [0.2, 0.25) is 0 Å². The fourth-order valence-corrected chi connectivity index (χ4v) is 1.38. The van der Waals surface area contributed by atoms with E-state index in [2.05, 4.69) is 23.0 Å². The summed E-state index contributed by atoms with van der Waals surface area (Å²) in [4.78, 5) is 11.6. The predicted octanol–water partition coefficient (Wildman–Crippen LogP) is 1.76. The number of hydrogen-bond acceptors (Lipinski definition) is 2. The molecule has 0 aromatic rings. The van der Waals surface area contributed by atoms with E-state index in [1.165, 1.54) is 0 Å². The summed E-state index contributed by atoms with van der Waals surface area (Å²) < 4.78 is 0. The Morgan fingerprint density at radius 1 is 1.36 bits per heavy atom. The van der Waals surface area contributed by atoms with Crippen LogP contribution < -0.4 is 10.9 Å². The molecule has 0 saturated heterocycles. The zero-order chi connectivity index (χ0) is 10.6. The molecule has 1 rings (SSSR count). The van der Waals surface area contributed by atoms with E-state index in [1.807, 2.05) is 20.8 Å². The second-order valence-corrected chi connectivity index (χ2v) is 4.85. The SMILES string of the molecule is CC(C)(C)NNC(=O)C1CC=CCC1. The van der Waals surface area contributed by atoms with Crippen molar-refractivity contribution in [2.75, 3.05) is 0 Å². The number of hydrazine groups is 1. The van der Waals surface area contributed by atoms with Crippen LogP contribution >= 0.6 is 0 Å². The first-order chi connectivity index (χ1) is 6.49. The van der Waals surface area contributed by atoms with Crippen molar-refractivity contribution in [3.05, 3.63) is 12.2 Å². The fraction of sp³-hybridized carbons (Fsp3) is 0.727. The van der Waals surface area contributed by atoms with E-state index < -0.39 is 0 Å². The third kappa shape index (κ3) is 3.92. The van der Waals surface area contributed by atoms with Gasteiger partial charge in [-0.2, -0.15) is 0 Å². The second kappa shape index (κ2) is 4.60. The summed E-state index contributed by atoms with van der Waals surface area (Å²) in [6.45, 7) is 6.07. The molecular formula is C11H20N2O. The maximum absolute atomic E-state index is 11.6. The minimum atomic E-state index is -0.0693. The van der Waals surface area contributed by atoms with E-state index in [1.54, 1.807) is 0 Å². The minimum Gasteiger partial charge on any atom is -0.291 e. The maximum atomic E-state index is 11.6. The van der Waals surface area contributed by atoms with Crippen molar-refractivity contribution < 1.29 is 4.79 Å². The van der Waals surface area contributed by atoms with E-state index in [0.717, 1.165) is 19.3 Å². The molecule has 0 radical (unpaired) electrons. The Bertz CT molecular complexity index is 228. The second-order valence-electron chi connectivity index (χ2n) is 4.85. The van der Waals surface area contributed by atoms with Crippen LogP contribution in [0, 0.1) is 5.92 Å². The van der Waals surface area contributed by atoms with Gasteiger partial charge in [0.1, 0.15) is 0 Å². The molecule has 3 heteroatoms. The lowest BCUT2D eigenvalue weighted by atomic mass is 9.94. The smallest absolute Gasteiger partial charge is 0.237 e. The Labute approximate surface area is 85.9 Å². The summed E-state index contributed by atoms with van der Waals surface area (Å²) in [6.07, 6.45) is 7.09. The van der Waals surface area contributed by atoms with E-state index in [4.69, 9.17) is 0 Å². The maximum Gasteiger partial charge on any atom is 0.237 e. The first-order valence-electron chi connectivity index (χ1n) is 5.21. The first-order valence-corrected chi connectivity index (χ1v) is 5.21. The van der Waals surface area contributed by atoms with Gasteiger partial charge in [-0.1, -0.05) is 12.2 Å². The summed E-state index contributed by atoms with van der Waals surface area (Å²) in [7, 11) is 0. The van der Waals surface area contributed by atoms with Crippen LogP contribution in [0.4, 0.5) is 0 Å². The lowest BCUT2D eigenvalue weighted by molar-refractivity contribution is -0.126. The number of nitrogens with one attached hydrogen (secondary N) is 2. The van der Waals surface area contributed by atoms with E-state index in [-0.39, 0.29) is 17.4 Å². The number of amides is 1. The van der Waals surface area contributed by atoms with Crippen molar-refractivity contribution in [1.82, 2.24) is 10.9 Å².